The van der Waals surface area contributed by atoms with E-state index in [9.17, 15) is 9.59 Å². The summed E-state index contributed by atoms with van der Waals surface area (Å²) in [6.45, 7) is 6.43. The van der Waals surface area contributed by atoms with Crippen molar-refractivity contribution in [3.63, 3.8) is 0 Å². The van der Waals surface area contributed by atoms with E-state index in [0.29, 0.717) is 11.3 Å². The van der Waals surface area contributed by atoms with Crippen molar-refractivity contribution < 1.29 is 4.79 Å². The highest BCUT2D eigenvalue weighted by molar-refractivity contribution is 7.10. The van der Waals surface area contributed by atoms with Crippen LogP contribution < -0.4 is 5.56 Å². The minimum Gasteiger partial charge on any atom is -0.334 e. The van der Waals surface area contributed by atoms with Crippen LogP contribution in [0.2, 0.25) is 0 Å². The summed E-state index contributed by atoms with van der Waals surface area (Å²) in [5.74, 6) is -0.0131. The molecule has 0 spiro atoms. The lowest BCUT2D eigenvalue weighted by Gasteiger charge is -2.35. The number of carbonyl (C=O) groups excluding carboxylic acids is 1. The first-order chi connectivity index (χ1) is 11.0. The highest BCUT2D eigenvalue weighted by Gasteiger charge is 2.30. The van der Waals surface area contributed by atoms with Crippen LogP contribution in [0.4, 0.5) is 0 Å². The van der Waals surface area contributed by atoms with Gasteiger partial charge in [0, 0.05) is 22.7 Å². The van der Waals surface area contributed by atoms with Gasteiger partial charge >= 0.3 is 0 Å². The fraction of sp³-hybridized carbons (Fsp3) is 0.471. The normalized spacial score (nSPS) is 17.2. The van der Waals surface area contributed by atoms with Crippen molar-refractivity contribution in [2.75, 3.05) is 6.54 Å². The number of amides is 1. The van der Waals surface area contributed by atoms with Gasteiger partial charge < -0.3 is 4.90 Å². The van der Waals surface area contributed by atoms with Crippen molar-refractivity contribution in [1.29, 1.82) is 0 Å². The zero-order valence-corrected chi connectivity index (χ0v) is 14.5. The van der Waals surface area contributed by atoms with Gasteiger partial charge in [0.15, 0.2) is 0 Å². The maximum Gasteiger partial charge on any atom is 0.256 e. The van der Waals surface area contributed by atoms with Crippen LogP contribution in [0.1, 0.15) is 41.1 Å². The van der Waals surface area contributed by atoms with Crippen LogP contribution >= 0.6 is 11.3 Å². The molecule has 2 aromatic heterocycles. The summed E-state index contributed by atoms with van der Waals surface area (Å²) in [5.41, 5.74) is 2.45. The molecule has 1 aliphatic rings. The molecular formula is C17H21N3O2S. The zero-order chi connectivity index (χ0) is 16.6. The molecule has 1 atom stereocenters. The molecule has 0 N–H and O–H groups in total. The minimum atomic E-state index is -0.132. The Morgan fingerprint density at radius 3 is 2.96 bits per heavy atom. The van der Waals surface area contributed by atoms with Crippen molar-refractivity contribution >= 4 is 17.2 Å². The van der Waals surface area contributed by atoms with E-state index in [1.807, 2.05) is 4.90 Å². The number of nitrogens with zero attached hydrogens (tertiary/aromatic N) is 3. The largest absolute Gasteiger partial charge is 0.334 e. The topological polar surface area (TPSA) is 55.2 Å². The maximum absolute atomic E-state index is 12.8. The second-order valence-corrected chi connectivity index (χ2v) is 6.95. The quantitative estimate of drug-likeness (QED) is 0.868. The summed E-state index contributed by atoms with van der Waals surface area (Å²) < 4.78 is 1.42. The Morgan fingerprint density at radius 1 is 1.43 bits per heavy atom. The van der Waals surface area contributed by atoms with Crippen molar-refractivity contribution in [3.05, 3.63) is 49.8 Å². The lowest BCUT2D eigenvalue weighted by Crippen LogP contribution is -2.42. The average molecular weight is 331 g/mol. The Kier molecular flexibility index (Phi) is 4.35. The van der Waals surface area contributed by atoms with E-state index in [2.05, 4.69) is 23.4 Å². The second-order valence-electron chi connectivity index (χ2n) is 5.95. The van der Waals surface area contributed by atoms with Gasteiger partial charge in [-0.15, -0.1) is 11.3 Å². The van der Waals surface area contributed by atoms with Crippen molar-refractivity contribution in [3.8, 4) is 0 Å². The lowest BCUT2D eigenvalue weighted by molar-refractivity contribution is -0.134. The highest BCUT2D eigenvalue weighted by Crippen LogP contribution is 2.35. The third kappa shape index (κ3) is 2.83. The van der Waals surface area contributed by atoms with Gasteiger partial charge in [0.25, 0.3) is 5.56 Å². The van der Waals surface area contributed by atoms with Gasteiger partial charge in [-0.3, -0.25) is 14.2 Å². The van der Waals surface area contributed by atoms with E-state index >= 15 is 0 Å². The molecule has 0 radical (unpaired) electrons. The standard InChI is InChI=1S/C17H21N3O2S/c1-4-14-13-6-8-23-15(13)5-7-20(14)16(21)9-19-10-18-12(3)11(2)17(19)22/h6,8,10,14H,4-5,7,9H2,1-3H3. The minimum absolute atomic E-state index is 0.0131. The summed E-state index contributed by atoms with van der Waals surface area (Å²) >= 11 is 1.77. The zero-order valence-electron chi connectivity index (χ0n) is 13.7. The van der Waals surface area contributed by atoms with Gasteiger partial charge in [0.05, 0.1) is 12.4 Å². The summed E-state index contributed by atoms with van der Waals surface area (Å²) in [6, 6.07) is 2.24. The van der Waals surface area contributed by atoms with Crippen LogP contribution in [0.5, 0.6) is 0 Å². The van der Waals surface area contributed by atoms with Gasteiger partial charge in [0.2, 0.25) is 5.91 Å². The molecule has 0 aromatic carbocycles. The van der Waals surface area contributed by atoms with Crippen molar-refractivity contribution in [2.24, 2.45) is 0 Å². The fourth-order valence-electron chi connectivity index (χ4n) is 3.16. The number of aromatic nitrogens is 2. The van der Waals surface area contributed by atoms with Crippen LogP contribution in [0, 0.1) is 13.8 Å². The molecule has 0 saturated heterocycles. The van der Waals surface area contributed by atoms with Gasteiger partial charge in [-0.05, 0) is 43.7 Å². The SMILES string of the molecule is CCC1c2ccsc2CCN1C(=O)Cn1cnc(C)c(C)c1=O. The smallest absolute Gasteiger partial charge is 0.256 e. The van der Waals surface area contributed by atoms with E-state index in [1.54, 1.807) is 25.2 Å². The monoisotopic (exact) mass is 331 g/mol. The molecule has 23 heavy (non-hydrogen) atoms. The van der Waals surface area contributed by atoms with Crippen LogP contribution in [-0.4, -0.2) is 26.9 Å². The molecule has 0 bridgehead atoms. The molecule has 0 fully saturated rings. The van der Waals surface area contributed by atoms with Gasteiger partial charge in [-0.25, -0.2) is 4.98 Å². The number of fused-ring (bicyclic) bond motifs is 1. The van der Waals surface area contributed by atoms with Crippen LogP contribution in [-0.2, 0) is 17.8 Å². The summed E-state index contributed by atoms with van der Waals surface area (Å²) in [7, 11) is 0. The predicted molar refractivity (Wildman–Crippen MR) is 90.7 cm³/mol. The van der Waals surface area contributed by atoms with E-state index in [1.165, 1.54) is 21.3 Å². The van der Waals surface area contributed by atoms with E-state index in [0.717, 1.165) is 19.4 Å². The third-order valence-corrected chi connectivity index (χ3v) is 5.62. The molecule has 122 valence electrons. The van der Waals surface area contributed by atoms with Crippen LogP contribution in [0.15, 0.2) is 22.6 Å². The summed E-state index contributed by atoms with van der Waals surface area (Å²) in [4.78, 5) is 32.5. The molecule has 1 amide bonds. The third-order valence-electron chi connectivity index (χ3n) is 4.62. The molecule has 6 heteroatoms. The Hall–Kier alpha value is -1.95. The number of hydrogen-bond donors (Lipinski definition) is 0. The Morgan fingerprint density at radius 2 is 2.22 bits per heavy atom. The molecule has 3 heterocycles. The number of hydrogen-bond acceptors (Lipinski definition) is 4. The average Bonchev–Trinajstić information content (AvgIpc) is 3.03. The molecule has 0 saturated carbocycles. The first-order valence-corrected chi connectivity index (χ1v) is 8.79. The molecule has 0 aliphatic carbocycles. The van der Waals surface area contributed by atoms with E-state index in [4.69, 9.17) is 0 Å². The number of aryl methyl sites for hydroxylation is 1. The second kappa shape index (κ2) is 6.28. The van der Waals surface area contributed by atoms with Crippen LogP contribution in [0.3, 0.4) is 0 Å². The maximum atomic E-state index is 12.8. The highest BCUT2D eigenvalue weighted by atomic mass is 32.1. The van der Waals surface area contributed by atoms with Gasteiger partial charge in [-0.2, -0.15) is 0 Å². The fourth-order valence-corrected chi connectivity index (χ4v) is 4.09. The summed E-state index contributed by atoms with van der Waals surface area (Å²) in [5, 5.41) is 2.10. The first-order valence-electron chi connectivity index (χ1n) is 7.91. The lowest BCUT2D eigenvalue weighted by atomic mass is 9.98. The molecule has 2 aromatic rings. The molecular weight excluding hydrogens is 310 g/mol. The van der Waals surface area contributed by atoms with E-state index in [-0.39, 0.29) is 24.1 Å². The molecule has 1 aliphatic heterocycles. The Balaban J connectivity index is 1.84. The summed E-state index contributed by atoms with van der Waals surface area (Å²) in [6.07, 6.45) is 3.26. The molecule has 5 nitrogen and oxygen atoms in total. The first kappa shape index (κ1) is 15.9. The Labute approximate surface area is 139 Å². The molecule has 3 rings (SSSR count). The van der Waals surface area contributed by atoms with Crippen molar-refractivity contribution in [1.82, 2.24) is 14.5 Å². The van der Waals surface area contributed by atoms with Gasteiger partial charge in [0.1, 0.15) is 6.54 Å². The Bertz CT molecular complexity index is 793. The van der Waals surface area contributed by atoms with Crippen LogP contribution in [0.25, 0.3) is 0 Å². The predicted octanol–water partition coefficient (Wildman–Crippen LogP) is 2.46. The number of rotatable bonds is 3. The number of carbonyl (C=O) groups is 1. The van der Waals surface area contributed by atoms with E-state index < -0.39 is 0 Å². The van der Waals surface area contributed by atoms with Gasteiger partial charge in [-0.1, -0.05) is 6.92 Å². The molecule has 1 unspecified atom stereocenters. The van der Waals surface area contributed by atoms with Crippen molar-refractivity contribution in [2.45, 2.75) is 46.2 Å². The number of thiophene rings is 1.